The number of amides is 1. The van der Waals surface area contributed by atoms with E-state index in [1.807, 2.05) is 48.5 Å². The molecule has 1 aromatic heterocycles. The molecule has 8 nitrogen and oxygen atoms in total. The second-order valence-electron chi connectivity index (χ2n) is 6.22. The van der Waals surface area contributed by atoms with Gasteiger partial charge in [-0.2, -0.15) is 0 Å². The van der Waals surface area contributed by atoms with E-state index < -0.39 is 0 Å². The molecule has 3 rings (SSSR count). The molecule has 0 saturated carbocycles. The van der Waals surface area contributed by atoms with Gasteiger partial charge < -0.3 is 25.4 Å². The quantitative estimate of drug-likeness (QED) is 0.535. The molecule has 0 atom stereocenters. The molecule has 3 N–H and O–H groups in total. The summed E-state index contributed by atoms with van der Waals surface area (Å²) < 4.78 is 10.6. The number of hydrogen-bond donors (Lipinski definition) is 3. The zero-order valence-electron chi connectivity index (χ0n) is 16.5. The first-order chi connectivity index (χ1) is 14.1. The van der Waals surface area contributed by atoms with Crippen molar-refractivity contribution >= 4 is 28.9 Å². The minimum atomic E-state index is -0.120. The molecule has 150 valence electrons. The molecular formula is C21H23N5O3. The minimum absolute atomic E-state index is 0.120. The number of nitrogens with one attached hydrogen (secondary N) is 3. The van der Waals surface area contributed by atoms with Crippen LogP contribution in [-0.2, 0) is 11.3 Å². The molecule has 29 heavy (non-hydrogen) atoms. The lowest BCUT2D eigenvalue weighted by atomic mass is 10.2. The first-order valence-corrected chi connectivity index (χ1v) is 8.99. The van der Waals surface area contributed by atoms with Crippen LogP contribution in [0.15, 0.2) is 54.9 Å². The number of benzene rings is 2. The van der Waals surface area contributed by atoms with Crippen LogP contribution in [-0.4, -0.2) is 30.1 Å². The summed E-state index contributed by atoms with van der Waals surface area (Å²) in [5.41, 5.74) is 2.54. The van der Waals surface area contributed by atoms with Gasteiger partial charge in [-0.1, -0.05) is 12.1 Å². The van der Waals surface area contributed by atoms with E-state index in [4.69, 9.17) is 9.47 Å². The van der Waals surface area contributed by atoms with Crippen molar-refractivity contribution in [2.75, 3.05) is 30.2 Å². The maximum Gasteiger partial charge on any atom is 0.221 e. The van der Waals surface area contributed by atoms with Gasteiger partial charge in [0.15, 0.2) is 11.5 Å². The molecule has 0 radical (unpaired) electrons. The zero-order valence-corrected chi connectivity index (χ0v) is 16.5. The topological polar surface area (TPSA) is 97.4 Å². The van der Waals surface area contributed by atoms with Crippen LogP contribution in [0.4, 0.5) is 23.0 Å². The van der Waals surface area contributed by atoms with Crippen molar-refractivity contribution in [3.8, 4) is 11.5 Å². The highest BCUT2D eigenvalue weighted by atomic mass is 16.5. The average Bonchev–Trinajstić information content (AvgIpc) is 2.72. The predicted molar refractivity (Wildman–Crippen MR) is 113 cm³/mol. The Labute approximate surface area is 169 Å². The Morgan fingerprint density at radius 1 is 0.931 bits per heavy atom. The third-order valence-electron chi connectivity index (χ3n) is 4.04. The molecule has 1 amide bonds. The zero-order chi connectivity index (χ0) is 20.6. The fraction of sp³-hybridized carbons (Fsp3) is 0.190. The molecule has 0 saturated heterocycles. The van der Waals surface area contributed by atoms with Crippen molar-refractivity contribution in [2.24, 2.45) is 0 Å². The van der Waals surface area contributed by atoms with Gasteiger partial charge in [-0.15, -0.1) is 0 Å². The Hall–Kier alpha value is -3.81. The van der Waals surface area contributed by atoms with Crippen molar-refractivity contribution in [3.63, 3.8) is 0 Å². The molecule has 0 aliphatic rings. The van der Waals surface area contributed by atoms with Crippen LogP contribution in [0.5, 0.6) is 11.5 Å². The predicted octanol–water partition coefficient (Wildman–Crippen LogP) is 3.81. The van der Waals surface area contributed by atoms with Gasteiger partial charge in [-0.25, -0.2) is 9.97 Å². The number of ether oxygens (including phenoxy) is 2. The van der Waals surface area contributed by atoms with Crippen LogP contribution in [0.3, 0.4) is 0 Å². The summed E-state index contributed by atoms with van der Waals surface area (Å²) in [6.07, 6.45) is 1.48. The summed E-state index contributed by atoms with van der Waals surface area (Å²) in [6.45, 7) is 2.04. The van der Waals surface area contributed by atoms with E-state index in [0.29, 0.717) is 35.4 Å². The number of hydrogen-bond acceptors (Lipinski definition) is 7. The molecular weight excluding hydrogens is 370 g/mol. The van der Waals surface area contributed by atoms with Crippen molar-refractivity contribution in [1.29, 1.82) is 0 Å². The lowest BCUT2D eigenvalue weighted by molar-refractivity contribution is -0.114. The van der Waals surface area contributed by atoms with Gasteiger partial charge in [0.25, 0.3) is 0 Å². The van der Waals surface area contributed by atoms with Crippen molar-refractivity contribution in [3.05, 3.63) is 60.4 Å². The first kappa shape index (κ1) is 19.9. The Morgan fingerprint density at radius 3 is 2.45 bits per heavy atom. The largest absolute Gasteiger partial charge is 0.493 e. The van der Waals surface area contributed by atoms with Gasteiger partial charge in [-0.05, 0) is 35.9 Å². The van der Waals surface area contributed by atoms with Gasteiger partial charge in [0.05, 0.1) is 14.2 Å². The van der Waals surface area contributed by atoms with Crippen molar-refractivity contribution in [2.45, 2.75) is 13.5 Å². The van der Waals surface area contributed by atoms with Crippen LogP contribution in [0.1, 0.15) is 12.5 Å². The second-order valence-corrected chi connectivity index (χ2v) is 6.22. The van der Waals surface area contributed by atoms with Crippen LogP contribution in [0, 0.1) is 0 Å². The van der Waals surface area contributed by atoms with E-state index in [1.165, 1.54) is 13.3 Å². The van der Waals surface area contributed by atoms with Gasteiger partial charge in [0.2, 0.25) is 5.91 Å². The summed E-state index contributed by atoms with van der Waals surface area (Å²) >= 11 is 0. The minimum Gasteiger partial charge on any atom is -0.493 e. The number of nitrogens with zero attached hydrogens (tertiary/aromatic N) is 2. The Balaban J connectivity index is 1.66. The highest BCUT2D eigenvalue weighted by Gasteiger charge is 2.06. The lowest BCUT2D eigenvalue weighted by Crippen LogP contribution is -2.06. The summed E-state index contributed by atoms with van der Waals surface area (Å²) in [6, 6.07) is 15.0. The molecule has 0 bridgehead atoms. The molecule has 3 aromatic rings. The lowest BCUT2D eigenvalue weighted by Gasteiger charge is -2.12. The Kier molecular flexibility index (Phi) is 6.47. The number of carbonyl (C=O) groups is 1. The summed E-state index contributed by atoms with van der Waals surface area (Å²) in [5.74, 6) is 2.55. The van der Waals surface area contributed by atoms with Gasteiger partial charge in [0, 0.05) is 30.9 Å². The Morgan fingerprint density at radius 2 is 1.69 bits per heavy atom. The van der Waals surface area contributed by atoms with E-state index >= 15 is 0 Å². The average molecular weight is 393 g/mol. The number of methoxy groups -OCH3 is 2. The fourth-order valence-corrected chi connectivity index (χ4v) is 2.73. The van der Waals surface area contributed by atoms with E-state index in [-0.39, 0.29) is 5.91 Å². The first-order valence-electron chi connectivity index (χ1n) is 8.99. The number of carbonyl (C=O) groups excluding carboxylic acids is 1. The van der Waals surface area contributed by atoms with E-state index in [2.05, 4.69) is 25.9 Å². The van der Waals surface area contributed by atoms with Crippen LogP contribution in [0.25, 0.3) is 0 Å². The molecule has 0 unspecified atom stereocenters. The molecule has 0 aliphatic carbocycles. The number of rotatable bonds is 8. The standard InChI is InChI=1S/C21H23N5O3/c1-14(27)25-16-5-4-6-17(10-16)26-21-11-20(23-13-24-21)22-12-15-7-8-18(28-2)19(9-15)29-3/h4-11,13H,12H2,1-3H3,(H,25,27)(H2,22,23,24,26). The van der Waals surface area contributed by atoms with E-state index in [9.17, 15) is 4.79 Å². The third-order valence-corrected chi connectivity index (χ3v) is 4.04. The fourth-order valence-electron chi connectivity index (χ4n) is 2.73. The molecule has 0 aliphatic heterocycles. The SMILES string of the molecule is COc1ccc(CNc2cc(Nc3cccc(NC(C)=O)c3)ncn2)cc1OC. The van der Waals surface area contributed by atoms with Gasteiger partial charge >= 0.3 is 0 Å². The molecule has 0 fully saturated rings. The maximum absolute atomic E-state index is 11.2. The maximum atomic E-state index is 11.2. The molecule has 8 heteroatoms. The van der Waals surface area contributed by atoms with E-state index in [1.54, 1.807) is 14.2 Å². The van der Waals surface area contributed by atoms with Gasteiger partial charge in [0.1, 0.15) is 18.0 Å². The van der Waals surface area contributed by atoms with Gasteiger partial charge in [-0.3, -0.25) is 4.79 Å². The highest BCUT2D eigenvalue weighted by molar-refractivity contribution is 5.89. The number of aromatic nitrogens is 2. The molecule has 1 heterocycles. The van der Waals surface area contributed by atoms with Crippen molar-refractivity contribution in [1.82, 2.24) is 9.97 Å². The second kappa shape index (κ2) is 9.41. The third kappa shape index (κ3) is 5.58. The number of anilines is 4. The smallest absolute Gasteiger partial charge is 0.221 e. The summed E-state index contributed by atoms with van der Waals surface area (Å²) in [4.78, 5) is 19.7. The summed E-state index contributed by atoms with van der Waals surface area (Å²) in [5, 5.41) is 9.23. The Bertz CT molecular complexity index is 994. The highest BCUT2D eigenvalue weighted by Crippen LogP contribution is 2.28. The van der Waals surface area contributed by atoms with Crippen LogP contribution < -0.4 is 25.4 Å². The monoisotopic (exact) mass is 393 g/mol. The van der Waals surface area contributed by atoms with Crippen LogP contribution in [0.2, 0.25) is 0 Å². The molecule has 2 aromatic carbocycles. The molecule has 0 spiro atoms. The van der Waals surface area contributed by atoms with E-state index in [0.717, 1.165) is 11.3 Å². The summed E-state index contributed by atoms with van der Waals surface area (Å²) in [7, 11) is 3.22. The van der Waals surface area contributed by atoms with Crippen LogP contribution >= 0.6 is 0 Å². The van der Waals surface area contributed by atoms with Crippen molar-refractivity contribution < 1.29 is 14.3 Å². The normalized spacial score (nSPS) is 10.2.